The summed E-state index contributed by atoms with van der Waals surface area (Å²) in [4.78, 5) is 26.4. The Kier molecular flexibility index (Phi) is 7.87. The molecule has 4 aromatic rings. The van der Waals surface area contributed by atoms with Crippen molar-refractivity contribution in [1.82, 2.24) is 0 Å². The van der Waals surface area contributed by atoms with Gasteiger partial charge in [0.25, 0.3) is 0 Å². The van der Waals surface area contributed by atoms with Gasteiger partial charge < -0.3 is 8.97 Å². The van der Waals surface area contributed by atoms with Crippen molar-refractivity contribution < 1.29 is 18.6 Å². The van der Waals surface area contributed by atoms with E-state index >= 15 is 0 Å². The first-order valence-corrected chi connectivity index (χ1v) is 13.9. The zero-order chi connectivity index (χ0) is 27.3. The van der Waals surface area contributed by atoms with Gasteiger partial charge in [0.1, 0.15) is 52.4 Å². The summed E-state index contributed by atoms with van der Waals surface area (Å²) in [6, 6.07) is 28.5. The van der Waals surface area contributed by atoms with Gasteiger partial charge in [0.15, 0.2) is 0 Å². The Morgan fingerprint density at radius 3 is 1.36 bits per heavy atom. The van der Waals surface area contributed by atoms with Gasteiger partial charge in [0.05, 0.1) is 0 Å². The van der Waals surface area contributed by atoms with Gasteiger partial charge in [-0.2, -0.15) is 0 Å². The minimum absolute atomic E-state index is 0.236. The van der Waals surface area contributed by atoms with E-state index in [4.69, 9.17) is 0 Å². The fourth-order valence-electron chi connectivity index (χ4n) is 6.07. The molecule has 0 atom stereocenters. The fourth-order valence-corrected chi connectivity index (χ4v) is 6.07. The lowest BCUT2D eigenvalue weighted by Crippen LogP contribution is -2.76. The monoisotopic (exact) mass is 518 g/mol. The number of quaternary nitrogens is 2. The first-order valence-electron chi connectivity index (χ1n) is 13.9. The molecule has 7 rings (SSSR count). The first kappa shape index (κ1) is 26.7. The van der Waals surface area contributed by atoms with Crippen LogP contribution in [-0.2, 0) is 0 Å². The largest absolute Gasteiger partial charge is 0.303 e. The molecule has 3 heterocycles. The highest BCUT2D eigenvalue weighted by Gasteiger charge is 2.50. The Hall–Kier alpha value is -3.86. The minimum Gasteiger partial charge on any atom is -0.303 e. The van der Waals surface area contributed by atoms with Crippen molar-refractivity contribution in [2.75, 3.05) is 52.4 Å². The summed E-state index contributed by atoms with van der Waals surface area (Å²) in [5.41, 5.74) is 1.63. The van der Waals surface area contributed by atoms with Gasteiger partial charge >= 0.3 is 0 Å². The highest BCUT2D eigenvalue weighted by molar-refractivity contribution is 6.01. The van der Waals surface area contributed by atoms with Gasteiger partial charge in [-0.25, -0.2) is 0 Å². The number of Topliss-reactive ketones (excluding diaryl/α,β-unsaturated/α-hetero) is 2. The molecule has 0 amide bonds. The van der Waals surface area contributed by atoms with E-state index in [0.29, 0.717) is 13.1 Å². The first-order chi connectivity index (χ1) is 18.9. The van der Waals surface area contributed by atoms with Crippen LogP contribution in [0.5, 0.6) is 0 Å². The van der Waals surface area contributed by atoms with E-state index in [9.17, 15) is 9.59 Å². The Balaban J connectivity index is 0.000000567. The van der Waals surface area contributed by atoms with Crippen LogP contribution >= 0.6 is 0 Å². The second kappa shape index (κ2) is 11.5. The van der Waals surface area contributed by atoms with Gasteiger partial charge in [-0.3, -0.25) is 9.59 Å². The maximum atomic E-state index is 13.2. The van der Waals surface area contributed by atoms with Crippen molar-refractivity contribution in [1.29, 1.82) is 0 Å². The number of carbonyl (C=O) groups is 2. The van der Waals surface area contributed by atoms with Crippen LogP contribution in [0.3, 0.4) is 0 Å². The van der Waals surface area contributed by atoms with Crippen LogP contribution in [0, 0.1) is 0 Å². The van der Waals surface area contributed by atoms with Crippen LogP contribution in [0.4, 0.5) is 0 Å². The van der Waals surface area contributed by atoms with E-state index in [1.165, 1.54) is 10.8 Å². The molecule has 0 aliphatic carbocycles. The quantitative estimate of drug-likeness (QED) is 0.160. The number of benzene rings is 4. The molecule has 3 fully saturated rings. The van der Waals surface area contributed by atoms with Gasteiger partial charge in [0, 0.05) is 11.1 Å². The van der Waals surface area contributed by atoms with Gasteiger partial charge in [0.2, 0.25) is 11.6 Å². The molecule has 3 aliphatic heterocycles. The number of hydrogen-bond donors (Lipinski definition) is 0. The summed E-state index contributed by atoms with van der Waals surface area (Å²) < 4.78 is 1.74. The normalized spacial score (nSPS) is 22.0. The van der Waals surface area contributed by atoms with Crippen LogP contribution in [-0.4, -0.2) is 72.9 Å². The molecule has 0 aromatic heterocycles. The molecule has 3 saturated heterocycles. The Labute approximate surface area is 231 Å². The number of fused-ring (bicyclic) bond motifs is 5. The van der Waals surface area contributed by atoms with E-state index in [1.54, 1.807) is 6.08 Å². The van der Waals surface area contributed by atoms with Crippen molar-refractivity contribution in [2.24, 2.45) is 0 Å². The third-order valence-corrected chi connectivity index (χ3v) is 8.58. The SMILES string of the molecule is C=C/C=C/C.O=C(C[N+]12CC[N+](CC(=O)c3ccc4ccccc4c3)(CC1)CC2)c1ccc2ccccc2c1. The van der Waals surface area contributed by atoms with Gasteiger partial charge in [-0.1, -0.05) is 97.6 Å². The number of carbonyl (C=O) groups excluding carboxylic acids is 2. The van der Waals surface area contributed by atoms with Crippen molar-refractivity contribution in [3.05, 3.63) is 121 Å². The third kappa shape index (κ3) is 5.93. The fraction of sp³-hybridized carbons (Fsp3) is 0.257. The van der Waals surface area contributed by atoms with Gasteiger partial charge in [-0.05, 0) is 40.6 Å². The number of ketones is 2. The van der Waals surface area contributed by atoms with Crippen molar-refractivity contribution in [3.63, 3.8) is 0 Å². The molecule has 4 aromatic carbocycles. The molecule has 39 heavy (non-hydrogen) atoms. The lowest BCUT2D eigenvalue weighted by atomic mass is 9.99. The average molecular weight is 519 g/mol. The third-order valence-electron chi connectivity index (χ3n) is 8.58. The van der Waals surface area contributed by atoms with E-state index in [0.717, 1.165) is 70.1 Å². The predicted molar refractivity (Wildman–Crippen MR) is 161 cm³/mol. The van der Waals surface area contributed by atoms with E-state index in [-0.39, 0.29) is 11.6 Å². The summed E-state index contributed by atoms with van der Waals surface area (Å²) in [5, 5.41) is 4.57. The molecule has 4 heteroatoms. The Bertz CT molecular complexity index is 1420. The van der Waals surface area contributed by atoms with Crippen LogP contribution < -0.4 is 0 Å². The van der Waals surface area contributed by atoms with Crippen LogP contribution in [0.15, 0.2) is 110 Å². The molecule has 0 N–H and O–H groups in total. The molecular formula is C35H38N2O2+2. The number of piperazine rings is 3. The molecule has 0 unspecified atom stereocenters. The van der Waals surface area contributed by atoms with Crippen LogP contribution in [0.1, 0.15) is 27.6 Å². The summed E-state index contributed by atoms with van der Waals surface area (Å²) in [6.07, 6.45) is 5.58. The summed E-state index contributed by atoms with van der Waals surface area (Å²) in [5.74, 6) is 0.472. The van der Waals surface area contributed by atoms with Crippen molar-refractivity contribution in [3.8, 4) is 0 Å². The lowest BCUT2D eigenvalue weighted by molar-refractivity contribution is -1.07. The van der Waals surface area contributed by atoms with E-state index in [2.05, 4.69) is 43.0 Å². The van der Waals surface area contributed by atoms with Crippen molar-refractivity contribution in [2.45, 2.75) is 6.92 Å². The highest BCUT2D eigenvalue weighted by Crippen LogP contribution is 2.28. The zero-order valence-electron chi connectivity index (χ0n) is 22.9. The Morgan fingerprint density at radius 1 is 0.641 bits per heavy atom. The number of hydrogen-bond acceptors (Lipinski definition) is 2. The molecule has 0 radical (unpaired) electrons. The minimum atomic E-state index is 0.236. The maximum Gasteiger partial charge on any atom is 0.216 e. The smallest absolute Gasteiger partial charge is 0.216 e. The highest BCUT2D eigenvalue weighted by atomic mass is 16.1. The van der Waals surface area contributed by atoms with Crippen LogP contribution in [0.25, 0.3) is 21.5 Å². The number of allylic oxidation sites excluding steroid dienone is 3. The molecule has 3 aliphatic rings. The molecule has 2 bridgehead atoms. The lowest BCUT2D eigenvalue weighted by Gasteiger charge is -2.55. The number of rotatable bonds is 7. The zero-order valence-corrected chi connectivity index (χ0v) is 22.9. The molecular weight excluding hydrogens is 480 g/mol. The van der Waals surface area contributed by atoms with E-state index in [1.807, 2.05) is 67.6 Å². The second-order valence-corrected chi connectivity index (χ2v) is 11.1. The van der Waals surface area contributed by atoms with Crippen molar-refractivity contribution >= 4 is 33.1 Å². The molecule has 198 valence electrons. The topological polar surface area (TPSA) is 34.1 Å². The average Bonchev–Trinajstić information content (AvgIpc) is 2.98. The van der Waals surface area contributed by atoms with Crippen LogP contribution in [0.2, 0.25) is 0 Å². The van der Waals surface area contributed by atoms with Gasteiger partial charge in [-0.15, -0.1) is 0 Å². The molecule has 0 spiro atoms. The molecule has 0 saturated carbocycles. The number of nitrogens with zero attached hydrogens (tertiary/aromatic N) is 2. The maximum absolute atomic E-state index is 13.2. The summed E-state index contributed by atoms with van der Waals surface area (Å²) >= 11 is 0. The standard InChI is InChI=1S/C30H30N2O2.C5H8/c33-29(27-11-9-23-5-1-3-7-25(23)19-27)21-31-13-16-32(17-14-31,18-15-31)22-30(34)28-12-10-24-6-2-4-8-26(24)20-28;1-3-5-4-2/h1-12,19-20H,13-18,21-22H2;3-5H,1H2,2H3/q+2;/b;5-4+. The summed E-state index contributed by atoms with van der Waals surface area (Å²) in [7, 11) is 0. The second-order valence-electron chi connectivity index (χ2n) is 11.1. The Morgan fingerprint density at radius 2 is 1.03 bits per heavy atom. The summed E-state index contributed by atoms with van der Waals surface area (Å²) in [6.45, 7) is 12.4. The van der Waals surface area contributed by atoms with E-state index < -0.39 is 0 Å². The predicted octanol–water partition coefficient (Wildman–Crippen LogP) is 6.47. The molecule has 4 nitrogen and oxygen atoms in total.